The number of aryl methyl sites for hydroxylation is 2. The van der Waals surface area contributed by atoms with E-state index in [4.69, 9.17) is 0 Å². The Morgan fingerprint density at radius 1 is 0.926 bits per heavy atom. The van der Waals surface area contributed by atoms with Crippen molar-refractivity contribution in [1.82, 2.24) is 4.57 Å². The van der Waals surface area contributed by atoms with Crippen LogP contribution >= 0.6 is 11.3 Å². The summed E-state index contributed by atoms with van der Waals surface area (Å²) in [7, 11) is 1.96. The molecule has 27 heavy (non-hydrogen) atoms. The second-order valence-electron chi connectivity index (χ2n) is 6.62. The number of carbonyl (C=O) groups is 1. The summed E-state index contributed by atoms with van der Waals surface area (Å²) in [5.41, 5.74) is 4.20. The summed E-state index contributed by atoms with van der Waals surface area (Å²) in [6.07, 6.45) is 0. The monoisotopic (exact) mass is 372 g/mol. The Morgan fingerprint density at radius 3 is 2.11 bits per heavy atom. The first-order valence-electron chi connectivity index (χ1n) is 8.88. The minimum atomic E-state index is -0.403. The number of benzene rings is 3. The number of hydrogen-bond donors (Lipinski definition) is 0. The molecule has 1 aromatic heterocycles. The fraction of sp³-hybridized carbons (Fsp3) is 0.130. The van der Waals surface area contributed by atoms with Gasteiger partial charge in [-0.1, -0.05) is 78.1 Å². The lowest BCUT2D eigenvalue weighted by Gasteiger charge is -2.14. The maximum atomic E-state index is 13.2. The molecular weight excluding hydrogens is 352 g/mol. The first kappa shape index (κ1) is 17.4. The molecule has 4 aromatic rings. The molecule has 134 valence electrons. The first-order chi connectivity index (χ1) is 13.1. The number of thiazole rings is 1. The second kappa shape index (κ2) is 7.33. The van der Waals surface area contributed by atoms with Crippen LogP contribution in [0.15, 0.2) is 83.9 Å². The lowest BCUT2D eigenvalue weighted by Crippen LogP contribution is -2.18. The first-order valence-corrected chi connectivity index (χ1v) is 9.70. The van der Waals surface area contributed by atoms with E-state index in [0.717, 1.165) is 26.1 Å². The zero-order valence-electron chi connectivity index (χ0n) is 15.3. The quantitative estimate of drug-likeness (QED) is 0.508. The van der Waals surface area contributed by atoms with E-state index in [0.29, 0.717) is 0 Å². The number of rotatable bonds is 3. The van der Waals surface area contributed by atoms with Gasteiger partial charge in [0, 0.05) is 7.05 Å². The Kier molecular flexibility index (Phi) is 4.73. The Balaban J connectivity index is 1.83. The molecule has 0 saturated heterocycles. The molecule has 0 atom stereocenters. The molecule has 1 heterocycles. The van der Waals surface area contributed by atoms with Crippen molar-refractivity contribution in [2.45, 2.75) is 12.8 Å². The lowest BCUT2D eigenvalue weighted by atomic mass is 9.91. The largest absolute Gasteiger partial charge is 0.319 e. The van der Waals surface area contributed by atoms with Gasteiger partial charge in [-0.3, -0.25) is 4.79 Å². The van der Waals surface area contributed by atoms with E-state index in [-0.39, 0.29) is 5.91 Å². The molecule has 3 nitrogen and oxygen atoms in total. The molecule has 0 unspecified atom stereocenters. The standard InChI is InChI=1S/C23H20N2OS/c1-16-13-14-19-20(15-16)27-23(25(19)2)24-22(26)21(17-9-5-3-6-10-17)18-11-7-4-8-12-18/h3-15,21H,1-2H3. The lowest BCUT2D eigenvalue weighted by molar-refractivity contribution is -0.118. The van der Waals surface area contributed by atoms with Gasteiger partial charge in [-0.05, 0) is 35.7 Å². The zero-order chi connectivity index (χ0) is 18.8. The average Bonchev–Trinajstić information content (AvgIpc) is 2.98. The average molecular weight is 372 g/mol. The predicted octanol–water partition coefficient (Wildman–Crippen LogP) is 4.81. The van der Waals surface area contributed by atoms with Gasteiger partial charge in [-0.15, -0.1) is 0 Å². The van der Waals surface area contributed by atoms with Gasteiger partial charge in [-0.2, -0.15) is 4.99 Å². The molecule has 4 rings (SSSR count). The molecule has 3 aromatic carbocycles. The van der Waals surface area contributed by atoms with Crippen molar-refractivity contribution in [1.29, 1.82) is 0 Å². The van der Waals surface area contributed by atoms with Crippen LogP contribution < -0.4 is 4.80 Å². The SMILES string of the molecule is Cc1ccc2c(c1)sc(=NC(=O)C(c1ccccc1)c1ccccc1)n2C. The highest BCUT2D eigenvalue weighted by atomic mass is 32.1. The van der Waals surface area contributed by atoms with Crippen molar-refractivity contribution in [3.8, 4) is 0 Å². The van der Waals surface area contributed by atoms with Crippen LogP contribution in [0.25, 0.3) is 10.2 Å². The van der Waals surface area contributed by atoms with Gasteiger partial charge in [0.15, 0.2) is 4.80 Å². The van der Waals surface area contributed by atoms with Gasteiger partial charge < -0.3 is 4.57 Å². The number of hydrogen-bond acceptors (Lipinski definition) is 2. The van der Waals surface area contributed by atoms with Gasteiger partial charge in [-0.25, -0.2) is 0 Å². The van der Waals surface area contributed by atoms with E-state index in [1.165, 1.54) is 5.56 Å². The topological polar surface area (TPSA) is 34.4 Å². The molecule has 0 radical (unpaired) electrons. The summed E-state index contributed by atoms with van der Waals surface area (Å²) in [6.45, 7) is 2.07. The molecule has 0 fully saturated rings. The van der Waals surface area contributed by atoms with Crippen LogP contribution in [-0.2, 0) is 11.8 Å². The van der Waals surface area contributed by atoms with Gasteiger partial charge in [0.2, 0.25) is 0 Å². The molecule has 0 spiro atoms. The third-order valence-corrected chi connectivity index (χ3v) is 5.78. The predicted molar refractivity (Wildman–Crippen MR) is 111 cm³/mol. The number of amides is 1. The highest BCUT2D eigenvalue weighted by Gasteiger charge is 2.22. The summed E-state index contributed by atoms with van der Waals surface area (Å²) >= 11 is 1.55. The van der Waals surface area contributed by atoms with Crippen LogP contribution in [0.4, 0.5) is 0 Å². The summed E-state index contributed by atoms with van der Waals surface area (Å²) in [5.74, 6) is -0.550. The number of aromatic nitrogens is 1. The number of carbonyl (C=O) groups excluding carboxylic acids is 1. The van der Waals surface area contributed by atoms with E-state index in [2.05, 4.69) is 30.1 Å². The minimum absolute atomic E-state index is 0.147. The Bertz CT molecular complexity index is 1120. The second-order valence-corrected chi connectivity index (χ2v) is 7.63. The summed E-state index contributed by atoms with van der Waals surface area (Å²) < 4.78 is 3.13. The maximum absolute atomic E-state index is 13.2. The third-order valence-electron chi connectivity index (χ3n) is 4.68. The van der Waals surface area contributed by atoms with Crippen LogP contribution in [0.5, 0.6) is 0 Å². The molecule has 1 amide bonds. The Labute approximate surface area is 162 Å². The van der Waals surface area contributed by atoms with E-state index in [9.17, 15) is 4.79 Å². The normalized spacial score (nSPS) is 12.0. The van der Waals surface area contributed by atoms with E-state index >= 15 is 0 Å². The van der Waals surface area contributed by atoms with Gasteiger partial charge >= 0.3 is 0 Å². The minimum Gasteiger partial charge on any atom is -0.319 e. The smallest absolute Gasteiger partial charge is 0.260 e. The molecule has 0 bridgehead atoms. The van der Waals surface area contributed by atoms with Crippen molar-refractivity contribution >= 4 is 27.5 Å². The van der Waals surface area contributed by atoms with E-state index in [1.54, 1.807) is 11.3 Å². The highest BCUT2D eigenvalue weighted by molar-refractivity contribution is 7.16. The molecule has 0 aliphatic heterocycles. The molecule has 0 saturated carbocycles. The summed E-state index contributed by atoms with van der Waals surface area (Å²) in [5, 5.41) is 0. The fourth-order valence-corrected chi connectivity index (χ4v) is 4.40. The van der Waals surface area contributed by atoms with Crippen molar-refractivity contribution in [3.63, 3.8) is 0 Å². The zero-order valence-corrected chi connectivity index (χ0v) is 16.1. The maximum Gasteiger partial charge on any atom is 0.260 e. The van der Waals surface area contributed by atoms with E-state index in [1.807, 2.05) is 72.3 Å². The van der Waals surface area contributed by atoms with Crippen molar-refractivity contribution in [2.24, 2.45) is 12.0 Å². The van der Waals surface area contributed by atoms with Gasteiger partial charge in [0.05, 0.1) is 16.1 Å². The summed E-state index contributed by atoms with van der Waals surface area (Å²) in [4.78, 5) is 18.5. The van der Waals surface area contributed by atoms with Crippen LogP contribution in [0, 0.1) is 6.92 Å². The number of nitrogens with zero attached hydrogens (tertiary/aromatic N) is 2. The Hall–Kier alpha value is -2.98. The van der Waals surface area contributed by atoms with Crippen molar-refractivity contribution in [2.75, 3.05) is 0 Å². The van der Waals surface area contributed by atoms with E-state index < -0.39 is 5.92 Å². The van der Waals surface area contributed by atoms with Gasteiger partial charge in [0.1, 0.15) is 0 Å². The molecule has 4 heteroatoms. The fourth-order valence-electron chi connectivity index (χ4n) is 3.28. The summed E-state index contributed by atoms with van der Waals surface area (Å²) in [6, 6.07) is 26.0. The molecule has 0 N–H and O–H groups in total. The number of fused-ring (bicyclic) bond motifs is 1. The Morgan fingerprint density at radius 2 is 1.52 bits per heavy atom. The van der Waals surface area contributed by atoms with Crippen LogP contribution in [0.1, 0.15) is 22.6 Å². The van der Waals surface area contributed by atoms with Gasteiger partial charge in [0.25, 0.3) is 5.91 Å². The molecule has 0 aliphatic carbocycles. The van der Waals surface area contributed by atoms with Crippen LogP contribution in [0.3, 0.4) is 0 Å². The van der Waals surface area contributed by atoms with Crippen LogP contribution in [0.2, 0.25) is 0 Å². The van der Waals surface area contributed by atoms with Crippen molar-refractivity contribution in [3.05, 3.63) is 100 Å². The van der Waals surface area contributed by atoms with Crippen molar-refractivity contribution < 1.29 is 4.79 Å². The molecule has 0 aliphatic rings. The highest BCUT2D eigenvalue weighted by Crippen LogP contribution is 2.26. The third kappa shape index (κ3) is 3.49. The van der Waals surface area contributed by atoms with Crippen LogP contribution in [-0.4, -0.2) is 10.5 Å². The molecular formula is C23H20N2OS.